The molecule has 0 unspecified atom stereocenters. The van der Waals surface area contributed by atoms with Crippen LogP contribution in [0.5, 0.6) is 5.75 Å². The topological polar surface area (TPSA) is 34.5 Å². The maximum absolute atomic E-state index is 12.8. The van der Waals surface area contributed by atoms with Crippen molar-refractivity contribution in [3.8, 4) is 5.75 Å². The number of methoxy groups -OCH3 is 1. The third-order valence-corrected chi connectivity index (χ3v) is 5.22. The minimum atomic E-state index is 0.0509. The van der Waals surface area contributed by atoms with Crippen LogP contribution in [0.1, 0.15) is 28.0 Å². The Bertz CT molecular complexity index is 987. The Balaban J connectivity index is 1.55. The van der Waals surface area contributed by atoms with Gasteiger partial charge in [0.15, 0.2) is 0 Å². The van der Waals surface area contributed by atoms with Gasteiger partial charge in [0.25, 0.3) is 5.91 Å². The third-order valence-electron chi connectivity index (χ3n) is 5.22. The molecule has 1 amide bonds. The molecule has 0 spiro atoms. The summed E-state index contributed by atoms with van der Waals surface area (Å²) in [4.78, 5) is 14.7. The monoisotopic (exact) mass is 318 g/mol. The molecular weight excluding hydrogens is 300 g/mol. The number of rotatable bonds is 2. The number of aryl methyl sites for hydroxylation is 2. The molecule has 3 heterocycles. The largest absolute Gasteiger partial charge is 0.497 e. The van der Waals surface area contributed by atoms with Gasteiger partial charge in [-0.1, -0.05) is 6.07 Å². The summed E-state index contributed by atoms with van der Waals surface area (Å²) in [5, 5.41) is 1.23. The normalized spacial score (nSPS) is 15.9. The highest BCUT2D eigenvalue weighted by Gasteiger charge is 2.29. The van der Waals surface area contributed by atoms with E-state index in [4.69, 9.17) is 4.74 Å². The van der Waals surface area contributed by atoms with Crippen molar-refractivity contribution in [2.75, 3.05) is 12.0 Å². The molecular formula is C20H18N2O2. The lowest BCUT2D eigenvalue weighted by Crippen LogP contribution is -2.22. The quantitative estimate of drug-likeness (QED) is 0.721. The van der Waals surface area contributed by atoms with Crippen molar-refractivity contribution >= 4 is 22.5 Å². The van der Waals surface area contributed by atoms with Gasteiger partial charge in [-0.05, 0) is 54.8 Å². The lowest BCUT2D eigenvalue weighted by Gasteiger charge is -2.16. The number of carbonyl (C=O) groups is 1. The van der Waals surface area contributed by atoms with Crippen molar-refractivity contribution in [3.05, 3.63) is 59.3 Å². The maximum Gasteiger partial charge on any atom is 0.259 e. The summed E-state index contributed by atoms with van der Waals surface area (Å²) >= 11 is 0. The number of fused-ring (bicyclic) bond motifs is 4. The van der Waals surface area contributed by atoms with E-state index in [2.05, 4.69) is 28.8 Å². The van der Waals surface area contributed by atoms with Crippen LogP contribution in [-0.2, 0) is 19.5 Å². The second-order valence-electron chi connectivity index (χ2n) is 6.55. The number of hydrogen-bond acceptors (Lipinski definition) is 2. The second kappa shape index (κ2) is 4.87. The highest BCUT2D eigenvalue weighted by atomic mass is 16.5. The minimum Gasteiger partial charge on any atom is -0.497 e. The molecule has 0 N–H and O–H groups in total. The molecule has 3 aromatic rings. The van der Waals surface area contributed by atoms with Crippen molar-refractivity contribution in [1.29, 1.82) is 0 Å². The van der Waals surface area contributed by atoms with Crippen molar-refractivity contribution in [2.24, 2.45) is 0 Å². The van der Waals surface area contributed by atoms with E-state index in [0.717, 1.165) is 35.5 Å². The van der Waals surface area contributed by atoms with Crippen LogP contribution in [0.2, 0.25) is 0 Å². The molecule has 120 valence electrons. The fraction of sp³-hybridized carbons (Fsp3) is 0.250. The van der Waals surface area contributed by atoms with Crippen LogP contribution in [0.15, 0.2) is 42.5 Å². The van der Waals surface area contributed by atoms with Crippen LogP contribution >= 0.6 is 0 Å². The summed E-state index contributed by atoms with van der Waals surface area (Å²) in [7, 11) is 1.62. The predicted octanol–water partition coefficient (Wildman–Crippen LogP) is 3.76. The lowest BCUT2D eigenvalue weighted by molar-refractivity contribution is 0.0996. The van der Waals surface area contributed by atoms with Crippen LogP contribution < -0.4 is 9.64 Å². The van der Waals surface area contributed by atoms with Crippen molar-refractivity contribution in [2.45, 2.75) is 25.9 Å². The summed E-state index contributed by atoms with van der Waals surface area (Å²) < 4.78 is 7.64. The lowest BCUT2D eigenvalue weighted by atomic mass is 10.1. The first-order valence-corrected chi connectivity index (χ1v) is 8.35. The maximum atomic E-state index is 12.8. The fourth-order valence-electron chi connectivity index (χ4n) is 3.99. The van der Waals surface area contributed by atoms with Gasteiger partial charge in [-0.2, -0.15) is 0 Å². The zero-order chi connectivity index (χ0) is 16.3. The average Bonchev–Trinajstić information content (AvgIpc) is 3.27. The van der Waals surface area contributed by atoms with Crippen LogP contribution in [0.3, 0.4) is 0 Å². The molecule has 0 bridgehead atoms. The first-order chi connectivity index (χ1) is 11.7. The van der Waals surface area contributed by atoms with E-state index in [9.17, 15) is 4.79 Å². The molecule has 0 aliphatic carbocycles. The smallest absolute Gasteiger partial charge is 0.259 e. The Morgan fingerprint density at radius 1 is 1.08 bits per heavy atom. The SMILES string of the molecule is COc1ccc2c(c1)C(=O)N(c1ccc3c(c1)cc1n3CCC1)C2. The van der Waals surface area contributed by atoms with Gasteiger partial charge >= 0.3 is 0 Å². The number of aromatic nitrogens is 1. The van der Waals surface area contributed by atoms with Gasteiger partial charge in [0, 0.05) is 34.4 Å². The first kappa shape index (κ1) is 13.7. The van der Waals surface area contributed by atoms with Crippen molar-refractivity contribution < 1.29 is 9.53 Å². The van der Waals surface area contributed by atoms with Gasteiger partial charge in [0.05, 0.1) is 13.7 Å². The van der Waals surface area contributed by atoms with Gasteiger partial charge in [-0.25, -0.2) is 0 Å². The standard InChI is InChI=1S/C20H18N2O2/c1-24-17-6-4-13-12-22(20(23)18(13)11-17)16-5-7-19-14(10-16)9-15-3-2-8-21(15)19/h4-7,9-11H,2-3,8,12H2,1H3. The molecule has 2 aliphatic rings. The van der Waals surface area contributed by atoms with Gasteiger partial charge in [0.1, 0.15) is 5.75 Å². The summed E-state index contributed by atoms with van der Waals surface area (Å²) in [5.74, 6) is 0.776. The molecule has 4 nitrogen and oxygen atoms in total. The van der Waals surface area contributed by atoms with E-state index in [1.807, 2.05) is 23.1 Å². The van der Waals surface area contributed by atoms with Gasteiger partial charge in [-0.3, -0.25) is 4.79 Å². The van der Waals surface area contributed by atoms with Crippen LogP contribution in [0, 0.1) is 0 Å². The zero-order valence-electron chi connectivity index (χ0n) is 13.6. The summed E-state index contributed by atoms with van der Waals surface area (Å²) in [5.41, 5.74) is 5.45. The molecule has 24 heavy (non-hydrogen) atoms. The van der Waals surface area contributed by atoms with Crippen molar-refractivity contribution in [3.63, 3.8) is 0 Å². The van der Waals surface area contributed by atoms with Crippen LogP contribution in [-0.4, -0.2) is 17.6 Å². The predicted molar refractivity (Wildman–Crippen MR) is 93.8 cm³/mol. The molecule has 0 saturated carbocycles. The number of nitrogens with zero attached hydrogens (tertiary/aromatic N) is 2. The summed E-state index contributed by atoms with van der Waals surface area (Å²) in [6.07, 6.45) is 2.38. The van der Waals surface area contributed by atoms with Crippen molar-refractivity contribution in [1.82, 2.24) is 4.57 Å². The van der Waals surface area contributed by atoms with E-state index in [1.54, 1.807) is 7.11 Å². The number of ether oxygens (including phenoxy) is 1. The van der Waals surface area contributed by atoms with Gasteiger partial charge in [-0.15, -0.1) is 0 Å². The van der Waals surface area contributed by atoms with E-state index in [-0.39, 0.29) is 5.91 Å². The molecule has 2 aliphatic heterocycles. The van der Waals surface area contributed by atoms with Crippen LogP contribution in [0.4, 0.5) is 5.69 Å². The molecule has 1 aromatic heterocycles. The number of carbonyl (C=O) groups excluding carboxylic acids is 1. The Kier molecular flexibility index (Phi) is 2.77. The van der Waals surface area contributed by atoms with Gasteiger partial charge < -0.3 is 14.2 Å². The molecule has 2 aromatic carbocycles. The summed E-state index contributed by atoms with van der Waals surface area (Å²) in [6, 6.07) is 14.4. The number of amides is 1. The fourth-order valence-corrected chi connectivity index (χ4v) is 3.99. The molecule has 0 fully saturated rings. The Labute approximate surface area is 140 Å². The number of anilines is 1. The first-order valence-electron chi connectivity index (χ1n) is 8.35. The summed E-state index contributed by atoms with van der Waals surface area (Å²) in [6.45, 7) is 1.73. The number of benzene rings is 2. The van der Waals surface area contributed by atoms with E-state index in [0.29, 0.717) is 6.54 Å². The average molecular weight is 318 g/mol. The molecule has 4 heteroatoms. The highest BCUT2D eigenvalue weighted by Crippen LogP contribution is 2.34. The van der Waals surface area contributed by atoms with E-state index < -0.39 is 0 Å². The van der Waals surface area contributed by atoms with E-state index in [1.165, 1.54) is 23.0 Å². The van der Waals surface area contributed by atoms with E-state index >= 15 is 0 Å². The second-order valence-corrected chi connectivity index (χ2v) is 6.55. The molecule has 5 rings (SSSR count). The molecule has 0 saturated heterocycles. The third kappa shape index (κ3) is 1.83. The van der Waals surface area contributed by atoms with Gasteiger partial charge in [0.2, 0.25) is 0 Å². The molecule has 0 radical (unpaired) electrons. The highest BCUT2D eigenvalue weighted by molar-refractivity contribution is 6.10. The Hall–Kier alpha value is -2.75. The number of hydrogen-bond donors (Lipinski definition) is 0. The van der Waals surface area contributed by atoms with Crippen LogP contribution in [0.25, 0.3) is 10.9 Å². The molecule has 0 atom stereocenters. The minimum absolute atomic E-state index is 0.0509. The Morgan fingerprint density at radius 2 is 2.00 bits per heavy atom. The zero-order valence-corrected chi connectivity index (χ0v) is 13.6. The Morgan fingerprint density at radius 3 is 2.88 bits per heavy atom.